The van der Waals surface area contributed by atoms with Crippen molar-refractivity contribution in [1.82, 2.24) is 5.32 Å². The molecular formula is C9H9N. The average Bonchev–Trinajstić information content (AvgIpc) is 2.83. The molecule has 3 aliphatic rings. The number of fused-ring (bicyclic) bond motifs is 1. The van der Waals surface area contributed by atoms with Crippen molar-refractivity contribution in [1.29, 1.82) is 0 Å². The summed E-state index contributed by atoms with van der Waals surface area (Å²) >= 11 is 0. The SMILES string of the molecule is C1=CC2CC2=C(C2=CC2)N1. The fourth-order valence-corrected chi connectivity index (χ4v) is 1.54. The summed E-state index contributed by atoms with van der Waals surface area (Å²) in [6, 6.07) is 0. The van der Waals surface area contributed by atoms with Crippen molar-refractivity contribution in [2.24, 2.45) is 5.92 Å². The van der Waals surface area contributed by atoms with E-state index in [2.05, 4.69) is 23.7 Å². The van der Waals surface area contributed by atoms with Crippen LogP contribution in [0.3, 0.4) is 0 Å². The molecule has 10 heavy (non-hydrogen) atoms. The first kappa shape index (κ1) is 4.78. The Labute approximate surface area is 60.1 Å². The zero-order valence-corrected chi connectivity index (χ0v) is 5.72. The van der Waals surface area contributed by atoms with Crippen LogP contribution in [0.5, 0.6) is 0 Å². The Balaban J connectivity index is 2.02. The van der Waals surface area contributed by atoms with Crippen LogP contribution in [-0.4, -0.2) is 0 Å². The van der Waals surface area contributed by atoms with Crippen LogP contribution in [0.2, 0.25) is 0 Å². The third-order valence-corrected chi connectivity index (χ3v) is 2.33. The minimum absolute atomic E-state index is 0.803. The fraction of sp³-hybridized carbons (Fsp3) is 0.333. The standard InChI is InChI=1S/C9H9N/c1-2-6(1)9-8-5-7(8)3-4-10-9/h1,3-4,7,10H,2,5H2. The van der Waals surface area contributed by atoms with Crippen molar-refractivity contribution < 1.29 is 0 Å². The summed E-state index contributed by atoms with van der Waals surface area (Å²) in [5.74, 6) is 0.803. The molecule has 0 saturated heterocycles. The molecule has 1 nitrogen and oxygen atoms in total. The topological polar surface area (TPSA) is 12.0 Å². The van der Waals surface area contributed by atoms with Crippen LogP contribution in [0, 0.1) is 5.92 Å². The van der Waals surface area contributed by atoms with E-state index in [-0.39, 0.29) is 0 Å². The zero-order valence-electron chi connectivity index (χ0n) is 5.72. The Morgan fingerprint density at radius 3 is 3.20 bits per heavy atom. The van der Waals surface area contributed by atoms with Gasteiger partial charge < -0.3 is 5.32 Å². The Bertz CT molecular complexity index is 281. The van der Waals surface area contributed by atoms with Crippen LogP contribution in [0.25, 0.3) is 0 Å². The summed E-state index contributed by atoms with van der Waals surface area (Å²) in [6.45, 7) is 0. The number of hydrogen-bond acceptors (Lipinski definition) is 1. The molecule has 0 amide bonds. The maximum atomic E-state index is 3.30. The number of rotatable bonds is 1. The lowest BCUT2D eigenvalue weighted by molar-refractivity contribution is 1.00. The van der Waals surface area contributed by atoms with Crippen LogP contribution >= 0.6 is 0 Å². The van der Waals surface area contributed by atoms with Crippen molar-refractivity contribution in [3.05, 3.63) is 35.2 Å². The van der Waals surface area contributed by atoms with Crippen molar-refractivity contribution in [3.63, 3.8) is 0 Å². The lowest BCUT2D eigenvalue weighted by atomic mass is 10.2. The summed E-state index contributed by atoms with van der Waals surface area (Å²) in [4.78, 5) is 0. The summed E-state index contributed by atoms with van der Waals surface area (Å²) in [5.41, 5.74) is 4.60. The molecule has 0 aromatic rings. The number of allylic oxidation sites excluding steroid dienone is 4. The van der Waals surface area contributed by atoms with Gasteiger partial charge in [0.2, 0.25) is 0 Å². The molecule has 1 N–H and O–H groups in total. The minimum Gasteiger partial charge on any atom is -0.362 e. The maximum absolute atomic E-state index is 3.30. The highest BCUT2D eigenvalue weighted by Gasteiger charge is 2.34. The van der Waals surface area contributed by atoms with Gasteiger partial charge in [-0.1, -0.05) is 12.2 Å². The number of hydrogen-bond donors (Lipinski definition) is 1. The van der Waals surface area contributed by atoms with Gasteiger partial charge in [-0.15, -0.1) is 0 Å². The van der Waals surface area contributed by atoms with Gasteiger partial charge >= 0.3 is 0 Å². The molecule has 1 saturated carbocycles. The molecule has 1 aliphatic heterocycles. The molecule has 0 aromatic heterocycles. The maximum Gasteiger partial charge on any atom is 0.0410 e. The van der Waals surface area contributed by atoms with E-state index in [4.69, 9.17) is 0 Å². The van der Waals surface area contributed by atoms with Crippen molar-refractivity contribution >= 4 is 0 Å². The highest BCUT2D eigenvalue weighted by atomic mass is 14.9. The van der Waals surface area contributed by atoms with E-state index >= 15 is 0 Å². The molecule has 0 bridgehead atoms. The molecule has 1 atom stereocenters. The van der Waals surface area contributed by atoms with E-state index in [9.17, 15) is 0 Å². The van der Waals surface area contributed by atoms with Gasteiger partial charge in [-0.3, -0.25) is 0 Å². The normalized spacial score (nSPS) is 32.8. The van der Waals surface area contributed by atoms with Crippen molar-refractivity contribution in [2.75, 3.05) is 0 Å². The molecule has 0 spiro atoms. The Morgan fingerprint density at radius 2 is 2.40 bits per heavy atom. The van der Waals surface area contributed by atoms with E-state index < -0.39 is 0 Å². The van der Waals surface area contributed by atoms with E-state index in [1.54, 1.807) is 5.57 Å². The lowest BCUT2D eigenvalue weighted by Crippen LogP contribution is -2.06. The predicted octanol–water partition coefficient (Wildman–Crippen LogP) is 1.71. The van der Waals surface area contributed by atoms with Crippen molar-refractivity contribution in [3.8, 4) is 0 Å². The molecule has 1 unspecified atom stereocenters. The van der Waals surface area contributed by atoms with Crippen LogP contribution in [0.15, 0.2) is 35.2 Å². The van der Waals surface area contributed by atoms with E-state index in [1.165, 1.54) is 24.1 Å². The van der Waals surface area contributed by atoms with Crippen molar-refractivity contribution in [2.45, 2.75) is 12.8 Å². The van der Waals surface area contributed by atoms with E-state index in [1.807, 2.05) is 0 Å². The molecule has 1 heteroatoms. The third-order valence-electron chi connectivity index (χ3n) is 2.33. The summed E-state index contributed by atoms with van der Waals surface area (Å²) < 4.78 is 0. The first-order chi connectivity index (χ1) is 4.95. The lowest BCUT2D eigenvalue weighted by Gasteiger charge is -2.05. The van der Waals surface area contributed by atoms with Gasteiger partial charge in [-0.2, -0.15) is 0 Å². The zero-order chi connectivity index (χ0) is 6.55. The third kappa shape index (κ3) is 0.525. The first-order valence-electron chi connectivity index (χ1n) is 3.81. The van der Waals surface area contributed by atoms with Gasteiger partial charge in [0, 0.05) is 11.6 Å². The average molecular weight is 131 g/mol. The van der Waals surface area contributed by atoms with Gasteiger partial charge in [0.1, 0.15) is 0 Å². The van der Waals surface area contributed by atoms with Gasteiger partial charge in [0.05, 0.1) is 0 Å². The Morgan fingerprint density at radius 1 is 1.50 bits per heavy atom. The monoisotopic (exact) mass is 131 g/mol. The minimum atomic E-state index is 0.803. The number of dihydropyridines is 1. The second kappa shape index (κ2) is 1.36. The van der Waals surface area contributed by atoms with E-state index in [0.717, 1.165) is 5.92 Å². The smallest absolute Gasteiger partial charge is 0.0410 e. The fourth-order valence-electron chi connectivity index (χ4n) is 1.54. The second-order valence-corrected chi connectivity index (χ2v) is 3.15. The Hall–Kier alpha value is -0.980. The first-order valence-corrected chi connectivity index (χ1v) is 3.81. The molecule has 1 fully saturated rings. The number of nitrogens with one attached hydrogen (secondary N) is 1. The molecule has 50 valence electrons. The highest BCUT2D eigenvalue weighted by molar-refractivity contribution is 5.52. The van der Waals surface area contributed by atoms with Gasteiger partial charge in [0.25, 0.3) is 0 Å². The van der Waals surface area contributed by atoms with E-state index in [0.29, 0.717) is 0 Å². The quantitative estimate of drug-likeness (QED) is 0.571. The largest absolute Gasteiger partial charge is 0.362 e. The summed E-state index contributed by atoms with van der Waals surface area (Å²) in [5, 5.41) is 3.30. The summed E-state index contributed by atoms with van der Waals surface area (Å²) in [6.07, 6.45) is 9.13. The molecule has 0 radical (unpaired) electrons. The molecule has 3 rings (SSSR count). The van der Waals surface area contributed by atoms with Gasteiger partial charge in [0.15, 0.2) is 0 Å². The van der Waals surface area contributed by atoms with Crippen LogP contribution < -0.4 is 5.32 Å². The van der Waals surface area contributed by atoms with Gasteiger partial charge in [-0.25, -0.2) is 0 Å². The van der Waals surface area contributed by atoms with Crippen LogP contribution in [0.4, 0.5) is 0 Å². The molecule has 1 heterocycles. The van der Waals surface area contributed by atoms with Gasteiger partial charge in [-0.05, 0) is 30.2 Å². The highest BCUT2D eigenvalue weighted by Crippen LogP contribution is 2.46. The Kier molecular flexibility index (Phi) is 0.652. The van der Waals surface area contributed by atoms with Crippen LogP contribution in [-0.2, 0) is 0 Å². The second-order valence-electron chi connectivity index (χ2n) is 3.15. The molecular weight excluding hydrogens is 122 g/mol. The predicted molar refractivity (Wildman–Crippen MR) is 40.1 cm³/mol. The van der Waals surface area contributed by atoms with Crippen LogP contribution in [0.1, 0.15) is 12.8 Å². The molecule has 0 aromatic carbocycles. The molecule has 2 aliphatic carbocycles. The summed E-state index contributed by atoms with van der Waals surface area (Å²) in [7, 11) is 0.